The van der Waals surface area contributed by atoms with Crippen LogP contribution >= 0.6 is 11.3 Å². The highest BCUT2D eigenvalue weighted by atomic mass is 32.1. The van der Waals surface area contributed by atoms with Gasteiger partial charge < -0.3 is 19.1 Å². The lowest BCUT2D eigenvalue weighted by atomic mass is 10.2. The Bertz CT molecular complexity index is 1160. The monoisotopic (exact) mass is 418 g/mol. The maximum absolute atomic E-state index is 12.8. The number of anilines is 2. The van der Waals surface area contributed by atoms with Gasteiger partial charge in [0.25, 0.3) is 0 Å². The van der Waals surface area contributed by atoms with Crippen LogP contribution in [-0.4, -0.2) is 37.0 Å². The molecule has 0 amide bonds. The van der Waals surface area contributed by atoms with Crippen molar-refractivity contribution in [3.63, 3.8) is 0 Å². The van der Waals surface area contributed by atoms with Crippen LogP contribution in [0, 0.1) is 11.3 Å². The fourth-order valence-electron chi connectivity index (χ4n) is 3.48. The number of carbonyl (C=O) groups is 2. The van der Waals surface area contributed by atoms with E-state index in [9.17, 15) is 14.9 Å². The van der Waals surface area contributed by atoms with Crippen LogP contribution in [-0.2, 0) is 9.53 Å². The minimum atomic E-state index is -0.597. The Morgan fingerprint density at radius 1 is 1.00 bits per heavy atom. The number of nitriles is 1. The Kier molecular flexibility index (Phi) is 5.12. The molecule has 0 unspecified atom stereocenters. The molecular weight excluding hydrogens is 400 g/mol. The van der Waals surface area contributed by atoms with Crippen LogP contribution in [0.3, 0.4) is 0 Å². The van der Waals surface area contributed by atoms with Crippen molar-refractivity contribution in [2.45, 2.75) is 0 Å². The molecule has 4 rings (SSSR count). The summed E-state index contributed by atoms with van der Waals surface area (Å²) < 4.78 is 7.07. The number of rotatable bonds is 5. The van der Waals surface area contributed by atoms with E-state index in [4.69, 9.17) is 4.74 Å². The number of fused-ring (bicyclic) bond motifs is 1. The lowest BCUT2D eigenvalue weighted by Crippen LogP contribution is -2.27. The largest absolute Gasteiger partial charge is 0.453 e. The Labute approximate surface area is 177 Å². The van der Waals surface area contributed by atoms with E-state index in [1.807, 2.05) is 60.9 Å². The van der Waals surface area contributed by atoms with E-state index in [2.05, 4.69) is 0 Å². The molecular formula is C22H18N4O3S. The fourth-order valence-corrected chi connectivity index (χ4v) is 4.26. The standard InChI is InChI=1S/C22H18N4O3S/c1-24-16-7-3-4-8-17(16)25(2)21(24)15(13-23)19(27)14-29-22(28)20-18(9-12-30-20)26-10-5-6-11-26/h3-12H,14H2,1-2H3. The van der Waals surface area contributed by atoms with Crippen LogP contribution in [0.4, 0.5) is 11.4 Å². The van der Waals surface area contributed by atoms with Crippen molar-refractivity contribution < 1.29 is 14.3 Å². The molecule has 0 atom stereocenters. The van der Waals surface area contributed by atoms with E-state index >= 15 is 0 Å². The lowest BCUT2D eigenvalue weighted by molar-refractivity contribution is -0.118. The van der Waals surface area contributed by atoms with Crippen molar-refractivity contribution in [2.24, 2.45) is 0 Å². The van der Waals surface area contributed by atoms with Gasteiger partial charge in [-0.3, -0.25) is 4.79 Å². The molecule has 30 heavy (non-hydrogen) atoms. The van der Waals surface area contributed by atoms with E-state index in [1.54, 1.807) is 33.8 Å². The second kappa shape index (κ2) is 7.89. The third-order valence-corrected chi connectivity index (χ3v) is 5.78. The molecule has 1 aromatic carbocycles. The van der Waals surface area contributed by atoms with Crippen molar-refractivity contribution in [1.82, 2.24) is 4.57 Å². The smallest absolute Gasteiger partial charge is 0.350 e. The van der Waals surface area contributed by atoms with Crippen molar-refractivity contribution in [3.8, 4) is 11.8 Å². The third-order valence-electron chi connectivity index (χ3n) is 4.90. The molecule has 0 radical (unpaired) electrons. The van der Waals surface area contributed by atoms with E-state index in [0.717, 1.165) is 11.4 Å². The number of carbonyl (C=O) groups excluding carboxylic acids is 2. The highest BCUT2D eigenvalue weighted by Crippen LogP contribution is 2.40. The first-order valence-electron chi connectivity index (χ1n) is 9.15. The summed E-state index contributed by atoms with van der Waals surface area (Å²) in [5, 5.41) is 11.5. The number of ketones is 1. The number of thiophene rings is 1. The van der Waals surface area contributed by atoms with Crippen LogP contribution in [0.15, 0.2) is 71.6 Å². The molecule has 3 heterocycles. The summed E-state index contributed by atoms with van der Waals surface area (Å²) in [4.78, 5) is 29.3. The van der Waals surface area contributed by atoms with Crippen LogP contribution in [0.25, 0.3) is 5.69 Å². The average molecular weight is 418 g/mol. The topological polar surface area (TPSA) is 78.6 Å². The van der Waals surface area contributed by atoms with Crippen molar-refractivity contribution in [1.29, 1.82) is 5.26 Å². The first kappa shape index (κ1) is 19.5. The van der Waals surface area contributed by atoms with Gasteiger partial charge >= 0.3 is 5.97 Å². The molecule has 0 saturated heterocycles. The van der Waals surface area contributed by atoms with Gasteiger partial charge in [-0.2, -0.15) is 5.26 Å². The lowest BCUT2D eigenvalue weighted by Gasteiger charge is -2.19. The van der Waals surface area contributed by atoms with Crippen molar-refractivity contribution in [3.05, 3.63) is 76.5 Å². The molecule has 0 fully saturated rings. The fraction of sp³-hybridized carbons (Fsp3) is 0.136. The number of hydrogen-bond acceptors (Lipinski definition) is 7. The predicted octanol–water partition coefficient (Wildman–Crippen LogP) is 3.59. The summed E-state index contributed by atoms with van der Waals surface area (Å²) >= 11 is 1.24. The molecule has 0 spiro atoms. The Hall–Kier alpha value is -3.83. The first-order valence-corrected chi connectivity index (χ1v) is 10.0. The van der Waals surface area contributed by atoms with Crippen molar-refractivity contribution >= 4 is 34.5 Å². The zero-order valence-electron chi connectivity index (χ0n) is 16.4. The number of hydrogen-bond donors (Lipinski definition) is 0. The van der Waals surface area contributed by atoms with Gasteiger partial charge in [0.2, 0.25) is 5.78 Å². The molecule has 0 N–H and O–H groups in total. The molecule has 150 valence electrons. The predicted molar refractivity (Wildman–Crippen MR) is 115 cm³/mol. The number of esters is 1. The van der Waals surface area contributed by atoms with Gasteiger partial charge in [0.15, 0.2) is 6.61 Å². The molecule has 8 heteroatoms. The zero-order valence-corrected chi connectivity index (χ0v) is 17.2. The SMILES string of the molecule is CN1C(=C(C#N)C(=O)COC(=O)c2sccc2-n2cccc2)N(C)c2ccccc21. The quantitative estimate of drug-likeness (QED) is 0.358. The van der Waals surface area contributed by atoms with E-state index in [0.29, 0.717) is 16.4 Å². The summed E-state index contributed by atoms with van der Waals surface area (Å²) in [5.41, 5.74) is 2.41. The maximum atomic E-state index is 12.8. The molecule has 0 saturated carbocycles. The normalized spacial score (nSPS) is 12.5. The molecule has 3 aromatic rings. The van der Waals surface area contributed by atoms with E-state index in [1.165, 1.54) is 11.3 Å². The summed E-state index contributed by atoms with van der Waals surface area (Å²) in [6.07, 6.45) is 3.65. The van der Waals surface area contributed by atoms with Gasteiger partial charge in [-0.1, -0.05) is 12.1 Å². The molecule has 7 nitrogen and oxygen atoms in total. The second-order valence-electron chi connectivity index (χ2n) is 6.64. The maximum Gasteiger partial charge on any atom is 0.350 e. The summed E-state index contributed by atoms with van der Waals surface area (Å²) in [6.45, 7) is -0.508. The zero-order chi connectivity index (χ0) is 21.3. The van der Waals surface area contributed by atoms with E-state index in [-0.39, 0.29) is 5.57 Å². The second-order valence-corrected chi connectivity index (χ2v) is 7.56. The summed E-state index contributed by atoms with van der Waals surface area (Å²) in [7, 11) is 3.59. The first-order chi connectivity index (χ1) is 14.5. The van der Waals surface area contributed by atoms with E-state index < -0.39 is 18.4 Å². The van der Waals surface area contributed by atoms with Gasteiger partial charge in [-0.15, -0.1) is 11.3 Å². The third kappa shape index (κ3) is 3.25. The van der Waals surface area contributed by atoms with Crippen LogP contribution in [0.2, 0.25) is 0 Å². The van der Waals surface area contributed by atoms with Gasteiger partial charge in [-0.25, -0.2) is 4.79 Å². The van der Waals surface area contributed by atoms with Gasteiger partial charge in [-0.05, 0) is 35.7 Å². The number of para-hydroxylation sites is 2. The number of benzene rings is 1. The highest BCUT2D eigenvalue weighted by Gasteiger charge is 2.31. The Balaban J connectivity index is 1.53. The van der Waals surface area contributed by atoms with Gasteiger partial charge in [0.1, 0.15) is 22.3 Å². The van der Waals surface area contributed by atoms with Gasteiger partial charge in [0, 0.05) is 26.5 Å². The van der Waals surface area contributed by atoms with Gasteiger partial charge in [0.05, 0.1) is 17.1 Å². The molecule has 1 aliphatic heterocycles. The molecule has 0 bridgehead atoms. The molecule has 1 aliphatic rings. The summed E-state index contributed by atoms with van der Waals surface area (Å²) in [5.74, 6) is -0.684. The number of nitrogens with zero attached hydrogens (tertiary/aromatic N) is 4. The summed E-state index contributed by atoms with van der Waals surface area (Å²) in [6, 6.07) is 15.1. The highest BCUT2D eigenvalue weighted by molar-refractivity contribution is 7.12. The molecule has 0 aliphatic carbocycles. The number of ether oxygens (including phenoxy) is 1. The minimum absolute atomic E-state index is 0.0548. The number of aromatic nitrogens is 1. The number of Topliss-reactive ketones (excluding diaryl/α,β-unsaturated/α-hetero) is 1. The van der Waals surface area contributed by atoms with Crippen LogP contribution < -0.4 is 9.80 Å². The Morgan fingerprint density at radius 2 is 1.63 bits per heavy atom. The van der Waals surface area contributed by atoms with Crippen LogP contribution in [0.5, 0.6) is 0 Å². The molecule has 2 aromatic heterocycles. The van der Waals surface area contributed by atoms with Crippen LogP contribution in [0.1, 0.15) is 9.67 Å². The minimum Gasteiger partial charge on any atom is -0.453 e. The van der Waals surface area contributed by atoms with Crippen molar-refractivity contribution in [2.75, 3.05) is 30.5 Å². The average Bonchev–Trinajstić information content (AvgIpc) is 3.49. The Morgan fingerprint density at radius 3 is 2.23 bits per heavy atom.